The van der Waals surface area contributed by atoms with E-state index in [0.717, 1.165) is 4.68 Å². The maximum Gasteiger partial charge on any atom is 0.378 e. The SMILES string of the molecule is CCOC(=O)c1nc(N)c(=O)n(-c2ccc(Cl)cc2Cl)n1. The molecule has 7 nitrogen and oxygen atoms in total. The summed E-state index contributed by atoms with van der Waals surface area (Å²) in [5.74, 6) is -1.51. The van der Waals surface area contributed by atoms with E-state index in [2.05, 4.69) is 10.1 Å². The number of halogens is 2. The highest BCUT2D eigenvalue weighted by Crippen LogP contribution is 2.22. The van der Waals surface area contributed by atoms with Crippen LogP contribution in [0.15, 0.2) is 23.0 Å². The van der Waals surface area contributed by atoms with E-state index in [1.54, 1.807) is 6.92 Å². The molecule has 0 bridgehead atoms. The van der Waals surface area contributed by atoms with E-state index >= 15 is 0 Å². The number of aromatic nitrogens is 3. The number of carbonyl (C=O) groups is 1. The molecule has 0 spiro atoms. The van der Waals surface area contributed by atoms with Gasteiger partial charge in [0, 0.05) is 5.02 Å². The fourth-order valence-corrected chi connectivity index (χ4v) is 2.02. The Kier molecular flexibility index (Phi) is 4.44. The van der Waals surface area contributed by atoms with Crippen LogP contribution < -0.4 is 11.3 Å². The Morgan fingerprint density at radius 1 is 1.43 bits per heavy atom. The van der Waals surface area contributed by atoms with E-state index in [-0.39, 0.29) is 29.0 Å². The molecule has 0 atom stereocenters. The average Bonchev–Trinajstić information content (AvgIpc) is 2.42. The van der Waals surface area contributed by atoms with E-state index in [1.165, 1.54) is 18.2 Å². The zero-order valence-electron chi connectivity index (χ0n) is 10.8. The quantitative estimate of drug-likeness (QED) is 0.860. The van der Waals surface area contributed by atoms with Gasteiger partial charge in [-0.05, 0) is 25.1 Å². The van der Waals surface area contributed by atoms with Gasteiger partial charge in [0.15, 0.2) is 5.82 Å². The number of nitrogen functional groups attached to an aromatic ring is 1. The Hall–Kier alpha value is -2.12. The van der Waals surface area contributed by atoms with Crippen LogP contribution in [0.3, 0.4) is 0 Å². The number of esters is 1. The van der Waals surface area contributed by atoms with Crippen LogP contribution >= 0.6 is 23.2 Å². The zero-order chi connectivity index (χ0) is 15.6. The first kappa shape index (κ1) is 15.3. The normalized spacial score (nSPS) is 10.4. The molecule has 2 aromatic rings. The van der Waals surface area contributed by atoms with E-state index in [4.69, 9.17) is 33.7 Å². The Morgan fingerprint density at radius 2 is 2.14 bits per heavy atom. The minimum absolute atomic E-state index is 0.142. The third-order valence-electron chi connectivity index (χ3n) is 2.43. The van der Waals surface area contributed by atoms with Crippen LogP contribution in [0.5, 0.6) is 0 Å². The second kappa shape index (κ2) is 6.11. The van der Waals surface area contributed by atoms with E-state index in [0.29, 0.717) is 5.02 Å². The summed E-state index contributed by atoms with van der Waals surface area (Å²) in [6, 6.07) is 4.44. The summed E-state index contributed by atoms with van der Waals surface area (Å²) < 4.78 is 5.66. The molecule has 0 amide bonds. The highest BCUT2D eigenvalue weighted by molar-refractivity contribution is 6.35. The van der Waals surface area contributed by atoms with Crippen molar-refractivity contribution >= 4 is 35.0 Å². The van der Waals surface area contributed by atoms with Crippen LogP contribution in [0.2, 0.25) is 10.0 Å². The Labute approximate surface area is 129 Å². The minimum atomic E-state index is -0.789. The predicted octanol–water partition coefficient (Wildman–Crippen LogP) is 1.69. The topological polar surface area (TPSA) is 100 Å². The van der Waals surface area contributed by atoms with Crippen molar-refractivity contribution in [3.05, 3.63) is 44.4 Å². The molecule has 110 valence electrons. The van der Waals surface area contributed by atoms with Gasteiger partial charge < -0.3 is 10.5 Å². The molecule has 1 heterocycles. The molecule has 0 unspecified atom stereocenters. The van der Waals surface area contributed by atoms with Gasteiger partial charge in [-0.15, -0.1) is 5.10 Å². The van der Waals surface area contributed by atoms with Gasteiger partial charge in [0.05, 0.1) is 17.3 Å². The van der Waals surface area contributed by atoms with Crippen LogP contribution in [0.25, 0.3) is 5.69 Å². The molecule has 2 rings (SSSR count). The van der Waals surface area contributed by atoms with Crippen LogP contribution in [0.4, 0.5) is 5.82 Å². The Balaban J connectivity index is 2.62. The number of ether oxygens (including phenoxy) is 1. The number of carbonyl (C=O) groups excluding carboxylic acids is 1. The summed E-state index contributed by atoms with van der Waals surface area (Å²) >= 11 is 11.8. The standard InChI is InChI=1S/C12H10Cl2N4O3/c1-2-21-12(20)10-16-9(15)11(19)18(17-10)8-4-3-6(13)5-7(8)14/h3-5H,2H2,1H3,(H2,15,16,17). The van der Waals surface area contributed by atoms with Gasteiger partial charge in [-0.2, -0.15) is 9.67 Å². The first-order valence-corrected chi connectivity index (χ1v) is 6.59. The van der Waals surface area contributed by atoms with Gasteiger partial charge in [0.25, 0.3) is 5.82 Å². The lowest BCUT2D eigenvalue weighted by molar-refractivity contribution is 0.0509. The van der Waals surface area contributed by atoms with Crippen molar-refractivity contribution in [1.29, 1.82) is 0 Å². The average molecular weight is 329 g/mol. The van der Waals surface area contributed by atoms with Gasteiger partial charge in [0.2, 0.25) is 0 Å². The number of nitrogens with zero attached hydrogens (tertiary/aromatic N) is 3. The predicted molar refractivity (Wildman–Crippen MR) is 78.0 cm³/mol. The van der Waals surface area contributed by atoms with Gasteiger partial charge >= 0.3 is 11.5 Å². The maximum atomic E-state index is 12.0. The van der Waals surface area contributed by atoms with Crippen LogP contribution in [0, 0.1) is 0 Å². The minimum Gasteiger partial charge on any atom is -0.460 e. The molecule has 0 saturated heterocycles. The van der Waals surface area contributed by atoms with E-state index in [9.17, 15) is 9.59 Å². The summed E-state index contributed by atoms with van der Waals surface area (Å²) in [6.45, 7) is 1.77. The first-order chi connectivity index (χ1) is 9.93. The maximum absolute atomic E-state index is 12.0. The second-order valence-electron chi connectivity index (χ2n) is 3.85. The molecular formula is C12H10Cl2N4O3. The summed E-state index contributed by atoms with van der Waals surface area (Å²) in [5.41, 5.74) is 5.04. The number of anilines is 1. The monoisotopic (exact) mass is 328 g/mol. The van der Waals surface area contributed by atoms with Crippen molar-refractivity contribution in [3.8, 4) is 5.69 Å². The Morgan fingerprint density at radius 3 is 2.76 bits per heavy atom. The smallest absolute Gasteiger partial charge is 0.378 e. The highest BCUT2D eigenvalue weighted by atomic mass is 35.5. The van der Waals surface area contributed by atoms with Gasteiger partial charge in [-0.3, -0.25) is 4.79 Å². The van der Waals surface area contributed by atoms with Crippen molar-refractivity contribution in [1.82, 2.24) is 14.8 Å². The van der Waals surface area contributed by atoms with E-state index < -0.39 is 11.5 Å². The van der Waals surface area contributed by atoms with Crippen molar-refractivity contribution in [2.24, 2.45) is 0 Å². The Bertz CT molecular complexity index is 761. The number of benzene rings is 1. The summed E-state index contributed by atoms with van der Waals surface area (Å²) in [4.78, 5) is 27.3. The third-order valence-corrected chi connectivity index (χ3v) is 2.97. The van der Waals surface area contributed by atoms with Gasteiger partial charge in [0.1, 0.15) is 0 Å². The lowest BCUT2D eigenvalue weighted by atomic mass is 10.3. The van der Waals surface area contributed by atoms with Gasteiger partial charge in [-0.25, -0.2) is 4.79 Å². The number of rotatable bonds is 3. The second-order valence-corrected chi connectivity index (χ2v) is 4.70. The largest absolute Gasteiger partial charge is 0.460 e. The number of hydrogen-bond acceptors (Lipinski definition) is 6. The van der Waals surface area contributed by atoms with Crippen LogP contribution in [-0.4, -0.2) is 27.3 Å². The molecule has 2 N–H and O–H groups in total. The lowest BCUT2D eigenvalue weighted by Gasteiger charge is -2.09. The molecule has 0 aliphatic heterocycles. The van der Waals surface area contributed by atoms with Gasteiger partial charge in [-0.1, -0.05) is 23.2 Å². The van der Waals surface area contributed by atoms with Crippen molar-refractivity contribution < 1.29 is 9.53 Å². The fourth-order valence-electron chi connectivity index (χ4n) is 1.53. The molecule has 0 aliphatic carbocycles. The highest BCUT2D eigenvalue weighted by Gasteiger charge is 2.17. The molecule has 0 radical (unpaired) electrons. The zero-order valence-corrected chi connectivity index (χ0v) is 12.4. The molecule has 0 aliphatic rings. The number of hydrogen-bond donors (Lipinski definition) is 1. The first-order valence-electron chi connectivity index (χ1n) is 5.83. The lowest BCUT2D eigenvalue weighted by Crippen LogP contribution is -2.29. The third kappa shape index (κ3) is 3.14. The van der Waals surface area contributed by atoms with Crippen molar-refractivity contribution in [2.45, 2.75) is 6.92 Å². The van der Waals surface area contributed by atoms with Crippen molar-refractivity contribution in [2.75, 3.05) is 12.3 Å². The fraction of sp³-hybridized carbons (Fsp3) is 0.167. The summed E-state index contributed by atoms with van der Waals surface area (Å²) in [7, 11) is 0. The number of nitrogens with two attached hydrogens (primary N) is 1. The molecule has 9 heteroatoms. The summed E-state index contributed by atoms with van der Waals surface area (Å²) in [6.07, 6.45) is 0. The molecular weight excluding hydrogens is 319 g/mol. The molecule has 0 saturated carbocycles. The molecule has 0 fully saturated rings. The van der Waals surface area contributed by atoms with Crippen LogP contribution in [-0.2, 0) is 4.74 Å². The molecule has 1 aromatic heterocycles. The summed E-state index contributed by atoms with van der Waals surface area (Å²) in [5, 5.41) is 4.39. The van der Waals surface area contributed by atoms with E-state index in [1.807, 2.05) is 0 Å². The molecule has 1 aromatic carbocycles. The molecule has 21 heavy (non-hydrogen) atoms. The van der Waals surface area contributed by atoms with Crippen LogP contribution in [0.1, 0.15) is 17.5 Å². The van der Waals surface area contributed by atoms with Crippen molar-refractivity contribution in [3.63, 3.8) is 0 Å².